The Hall–Kier alpha value is -6.04. The molecule has 1 aliphatic carbocycles. The van der Waals surface area contributed by atoms with Crippen molar-refractivity contribution in [3.05, 3.63) is 221 Å². The second-order valence-corrected chi connectivity index (χ2v) is 17.4. The largest absolute Gasteiger partial charge is 0.230 e. The molecule has 2 aliphatic heterocycles. The number of nitriles is 1. The molecular weight excluding hydrogens is 692 g/mol. The molecule has 0 radical (unpaired) electrons. The third kappa shape index (κ3) is 4.36. The first-order valence-corrected chi connectivity index (χ1v) is 20.6. The van der Waals surface area contributed by atoms with E-state index in [1.165, 1.54) is 70.6 Å². The summed E-state index contributed by atoms with van der Waals surface area (Å²) in [6, 6.07) is 68.9. The van der Waals surface area contributed by atoms with Crippen LogP contribution in [-0.2, 0) is 5.41 Å². The van der Waals surface area contributed by atoms with Crippen molar-refractivity contribution in [3.8, 4) is 28.3 Å². The first-order chi connectivity index (χ1) is 26.8. The Morgan fingerprint density at radius 2 is 1.15 bits per heavy atom. The van der Waals surface area contributed by atoms with Gasteiger partial charge >= 0.3 is 0 Å². The molecule has 1 spiro atoms. The van der Waals surface area contributed by atoms with Gasteiger partial charge in [-0.05, 0) is 67.8 Å². The molecule has 11 rings (SSSR count). The Balaban J connectivity index is 1.19. The van der Waals surface area contributed by atoms with Crippen LogP contribution >= 0.6 is 19.7 Å². The fourth-order valence-electron chi connectivity index (χ4n) is 9.28. The van der Waals surface area contributed by atoms with Crippen molar-refractivity contribution in [1.29, 1.82) is 5.26 Å². The molecule has 0 bridgehead atoms. The van der Waals surface area contributed by atoms with Crippen molar-refractivity contribution in [2.24, 2.45) is 0 Å². The standard InChI is InChI=1S/C50H31N2PS/c51-31-33-29-30-37(36-20-8-7-19-35(33)36)38-22-13-27-44-47(38)54-45-28-12-11-25-42(45)50(44)41-24-10-9-21-39(41)46-40(23-14-26-43(46)50)49-52-48(32-15-3-1-4-16-32)53(49)34-17-5-2-6-18-34/h1-30,48H/p+1. The van der Waals surface area contributed by atoms with E-state index in [0.717, 1.165) is 16.3 Å². The van der Waals surface area contributed by atoms with Crippen molar-refractivity contribution < 1.29 is 4.99 Å². The number of nitrogens with one attached hydrogen (secondary N) is 1. The van der Waals surface area contributed by atoms with E-state index in [2.05, 4.69) is 181 Å². The van der Waals surface area contributed by atoms with Crippen LogP contribution < -0.4 is 10.3 Å². The Labute approximate surface area is 320 Å². The lowest BCUT2D eigenvalue weighted by atomic mass is 9.67. The zero-order chi connectivity index (χ0) is 35.8. The predicted octanol–water partition coefficient (Wildman–Crippen LogP) is 10.6. The molecule has 252 valence electrons. The molecule has 3 aliphatic rings. The van der Waals surface area contributed by atoms with Crippen molar-refractivity contribution in [3.63, 3.8) is 0 Å². The van der Waals surface area contributed by atoms with Gasteiger partial charge in [0.25, 0.3) is 0 Å². The Kier molecular flexibility index (Phi) is 7.15. The third-order valence-electron chi connectivity index (χ3n) is 11.5. The molecule has 8 aromatic rings. The molecule has 0 saturated heterocycles. The molecule has 0 aromatic heterocycles. The Morgan fingerprint density at radius 3 is 1.96 bits per heavy atom. The fraction of sp³-hybridized carbons (Fsp3) is 0.0400. The van der Waals surface area contributed by atoms with Gasteiger partial charge in [0.15, 0.2) is 0 Å². The molecule has 0 fully saturated rings. The Bertz CT molecular complexity index is 2890. The topological polar surface area (TPSA) is 37.8 Å². The zero-order valence-electron chi connectivity index (χ0n) is 29.2. The molecule has 2 heterocycles. The van der Waals surface area contributed by atoms with Crippen molar-refractivity contribution >= 4 is 41.2 Å². The van der Waals surface area contributed by atoms with Gasteiger partial charge in [-0.1, -0.05) is 176 Å². The zero-order valence-corrected chi connectivity index (χ0v) is 30.9. The molecular formula is C50H32N2PS+. The molecule has 54 heavy (non-hydrogen) atoms. The average Bonchev–Trinajstić information content (AvgIpc) is 3.52. The van der Waals surface area contributed by atoms with Gasteiger partial charge in [-0.2, -0.15) is 5.26 Å². The quantitative estimate of drug-likeness (QED) is 0.184. The lowest BCUT2D eigenvalue weighted by Crippen LogP contribution is -2.82. The van der Waals surface area contributed by atoms with Crippen LogP contribution in [0.2, 0.25) is 0 Å². The first kappa shape index (κ1) is 31.5. The molecule has 3 atom stereocenters. The molecule has 0 amide bonds. The van der Waals surface area contributed by atoms with Crippen LogP contribution in [0.25, 0.3) is 33.0 Å². The van der Waals surface area contributed by atoms with E-state index in [9.17, 15) is 5.26 Å². The summed E-state index contributed by atoms with van der Waals surface area (Å²) in [6.45, 7) is 0. The van der Waals surface area contributed by atoms with Crippen LogP contribution in [0.4, 0.5) is 0 Å². The molecule has 2 nitrogen and oxygen atoms in total. The minimum atomic E-state index is -0.681. The Morgan fingerprint density at radius 1 is 0.519 bits per heavy atom. The number of nitrogens with zero attached hydrogens (tertiary/aromatic N) is 1. The second kappa shape index (κ2) is 12.3. The van der Waals surface area contributed by atoms with Crippen molar-refractivity contribution in [2.75, 3.05) is 0 Å². The lowest BCUT2D eigenvalue weighted by Gasteiger charge is -2.40. The highest BCUT2D eigenvalue weighted by Gasteiger charge is 2.53. The van der Waals surface area contributed by atoms with E-state index >= 15 is 0 Å². The monoisotopic (exact) mass is 723 g/mol. The van der Waals surface area contributed by atoms with Crippen LogP contribution in [0.15, 0.2) is 192 Å². The predicted molar refractivity (Wildman–Crippen MR) is 223 cm³/mol. The molecule has 8 aromatic carbocycles. The van der Waals surface area contributed by atoms with Gasteiger partial charge in [-0.25, -0.2) is 4.99 Å². The van der Waals surface area contributed by atoms with Crippen LogP contribution in [0, 0.1) is 11.3 Å². The molecule has 3 unspecified atom stereocenters. The summed E-state index contributed by atoms with van der Waals surface area (Å²) >= 11 is 1.88. The minimum absolute atomic E-state index is 0.248. The van der Waals surface area contributed by atoms with Gasteiger partial charge < -0.3 is 0 Å². The van der Waals surface area contributed by atoms with Gasteiger partial charge in [0.2, 0.25) is 11.2 Å². The number of fused-ring (bicyclic) bond motifs is 10. The van der Waals surface area contributed by atoms with Crippen LogP contribution in [0.1, 0.15) is 44.7 Å². The summed E-state index contributed by atoms with van der Waals surface area (Å²) < 4.78 is 0. The number of hydrogen-bond donors (Lipinski definition) is 1. The number of hydrogen-bond acceptors (Lipinski definition) is 2. The second-order valence-electron chi connectivity index (χ2n) is 14.1. The van der Waals surface area contributed by atoms with E-state index in [4.69, 9.17) is 0 Å². The van der Waals surface area contributed by atoms with E-state index in [0.29, 0.717) is 5.56 Å². The van der Waals surface area contributed by atoms with Crippen molar-refractivity contribution in [2.45, 2.75) is 21.0 Å². The van der Waals surface area contributed by atoms with Gasteiger partial charge in [0.05, 0.1) is 22.6 Å². The highest BCUT2D eigenvalue weighted by atomic mass is 32.2. The summed E-state index contributed by atoms with van der Waals surface area (Å²) in [6.07, 6.45) is 0. The summed E-state index contributed by atoms with van der Waals surface area (Å²) in [5, 5.41) is 13.5. The molecule has 4 heteroatoms. The summed E-state index contributed by atoms with van der Waals surface area (Å²) in [7, 11) is -0.681. The van der Waals surface area contributed by atoms with Gasteiger partial charge in [0.1, 0.15) is 7.92 Å². The van der Waals surface area contributed by atoms with Crippen molar-refractivity contribution in [1.82, 2.24) is 0 Å². The van der Waals surface area contributed by atoms with E-state index in [1.54, 1.807) is 0 Å². The average molecular weight is 724 g/mol. The highest BCUT2D eigenvalue weighted by Crippen LogP contribution is 2.65. The maximum Gasteiger partial charge on any atom is 0.215 e. The van der Waals surface area contributed by atoms with Crippen LogP contribution in [0.3, 0.4) is 0 Å². The molecule has 0 saturated carbocycles. The SMILES string of the molecule is N#Cc1ccc(-c2cccc3c2Sc2ccccc2C32c3ccccc3-c3c(C4=[NH+]C(c5ccccc5)P4c4ccccc4)cccc32)c2ccccc12. The summed E-state index contributed by atoms with van der Waals surface area (Å²) in [4.78, 5) is 6.57. The lowest BCUT2D eigenvalue weighted by molar-refractivity contribution is -0.490. The van der Waals surface area contributed by atoms with Gasteiger partial charge in [-0.15, -0.1) is 0 Å². The van der Waals surface area contributed by atoms with E-state index in [-0.39, 0.29) is 5.78 Å². The van der Waals surface area contributed by atoms with Crippen LogP contribution in [-0.4, -0.2) is 5.45 Å². The van der Waals surface area contributed by atoms with Crippen LogP contribution in [0.5, 0.6) is 0 Å². The van der Waals surface area contributed by atoms with E-state index in [1.807, 2.05) is 23.9 Å². The number of benzene rings is 8. The molecule has 1 N–H and O–H groups in total. The summed E-state index contributed by atoms with van der Waals surface area (Å²) in [5.74, 6) is 0.248. The van der Waals surface area contributed by atoms with E-state index < -0.39 is 13.3 Å². The number of rotatable bonds is 4. The summed E-state index contributed by atoms with van der Waals surface area (Å²) in [5.41, 5.74) is 14.4. The third-order valence-corrected chi connectivity index (χ3v) is 15.4. The first-order valence-electron chi connectivity index (χ1n) is 18.4. The normalized spacial score (nSPS) is 18.8. The fourth-order valence-corrected chi connectivity index (χ4v) is 13.1. The maximum absolute atomic E-state index is 10.0. The minimum Gasteiger partial charge on any atom is -0.230 e. The van der Waals surface area contributed by atoms with Gasteiger partial charge in [0, 0.05) is 26.3 Å². The highest BCUT2D eigenvalue weighted by molar-refractivity contribution is 7.99. The maximum atomic E-state index is 10.0. The van der Waals surface area contributed by atoms with Gasteiger partial charge in [-0.3, -0.25) is 0 Å². The smallest absolute Gasteiger partial charge is 0.215 e.